The average Bonchev–Trinajstić information content (AvgIpc) is 2.46. The molecule has 0 aliphatic rings. The number of pyridine rings is 1. The Kier molecular flexibility index (Phi) is 4.02. The molecule has 0 amide bonds. The summed E-state index contributed by atoms with van der Waals surface area (Å²) in [5.74, 6) is 0.118. The van der Waals surface area contributed by atoms with Crippen LogP contribution in [0.5, 0.6) is 5.88 Å². The lowest BCUT2D eigenvalue weighted by atomic mass is 10.1. The molecule has 0 saturated heterocycles. The Morgan fingerprint density at radius 1 is 1.21 bits per heavy atom. The molecule has 4 nitrogen and oxygen atoms in total. The van der Waals surface area contributed by atoms with Crippen molar-refractivity contribution < 1.29 is 14.3 Å². The van der Waals surface area contributed by atoms with E-state index in [-0.39, 0.29) is 0 Å². The van der Waals surface area contributed by atoms with E-state index in [2.05, 4.69) is 9.72 Å². The molecule has 0 N–H and O–H groups in total. The molecule has 98 valence electrons. The molecular weight excluding hydrogens is 266 g/mol. The molecule has 2 aromatic rings. The lowest BCUT2D eigenvalue weighted by molar-refractivity contribution is 0.0601. The molecule has 0 fully saturated rings. The highest BCUT2D eigenvalue weighted by Gasteiger charge is 2.10. The van der Waals surface area contributed by atoms with Gasteiger partial charge in [0.1, 0.15) is 0 Å². The van der Waals surface area contributed by atoms with E-state index in [0.29, 0.717) is 16.5 Å². The SMILES string of the molecule is COC(=O)c1ccc(-c2ccc(OC)nc2)c(Cl)c1. The number of carbonyl (C=O) groups excluding carboxylic acids is 1. The topological polar surface area (TPSA) is 48.4 Å². The van der Waals surface area contributed by atoms with Crippen LogP contribution in [-0.2, 0) is 4.74 Å². The van der Waals surface area contributed by atoms with E-state index in [0.717, 1.165) is 11.1 Å². The third kappa shape index (κ3) is 2.85. The quantitative estimate of drug-likeness (QED) is 0.809. The molecule has 0 spiro atoms. The Labute approximate surface area is 115 Å². The summed E-state index contributed by atoms with van der Waals surface area (Å²) in [4.78, 5) is 15.5. The maximum absolute atomic E-state index is 11.4. The number of ether oxygens (including phenoxy) is 2. The zero-order valence-electron chi connectivity index (χ0n) is 10.5. The van der Waals surface area contributed by atoms with E-state index in [9.17, 15) is 4.79 Å². The number of benzene rings is 1. The van der Waals surface area contributed by atoms with Gasteiger partial charge in [0.05, 0.1) is 19.8 Å². The number of nitrogens with zero attached hydrogens (tertiary/aromatic N) is 1. The fourth-order valence-electron chi connectivity index (χ4n) is 1.65. The molecule has 0 saturated carbocycles. The average molecular weight is 278 g/mol. The van der Waals surface area contributed by atoms with Gasteiger partial charge in [-0.25, -0.2) is 9.78 Å². The van der Waals surface area contributed by atoms with Crippen molar-refractivity contribution >= 4 is 17.6 Å². The molecule has 5 heteroatoms. The third-order valence-corrected chi connectivity index (χ3v) is 2.96. The van der Waals surface area contributed by atoms with Gasteiger partial charge in [0, 0.05) is 28.4 Å². The number of rotatable bonds is 3. The Morgan fingerprint density at radius 2 is 2.00 bits per heavy atom. The van der Waals surface area contributed by atoms with Crippen LogP contribution in [0.15, 0.2) is 36.5 Å². The van der Waals surface area contributed by atoms with Crippen LogP contribution in [0.4, 0.5) is 0 Å². The van der Waals surface area contributed by atoms with Crippen molar-refractivity contribution in [2.45, 2.75) is 0 Å². The van der Waals surface area contributed by atoms with Gasteiger partial charge in [-0.15, -0.1) is 0 Å². The van der Waals surface area contributed by atoms with Gasteiger partial charge in [-0.1, -0.05) is 17.7 Å². The van der Waals surface area contributed by atoms with Gasteiger partial charge >= 0.3 is 5.97 Å². The van der Waals surface area contributed by atoms with E-state index in [1.165, 1.54) is 7.11 Å². The monoisotopic (exact) mass is 277 g/mol. The second kappa shape index (κ2) is 5.71. The summed E-state index contributed by atoms with van der Waals surface area (Å²) in [7, 11) is 2.89. The summed E-state index contributed by atoms with van der Waals surface area (Å²) in [5.41, 5.74) is 2.06. The molecular formula is C14H12ClNO3. The standard InChI is InChI=1S/C14H12ClNO3/c1-18-13-6-4-10(8-16-13)11-5-3-9(7-12(11)15)14(17)19-2/h3-8H,1-2H3. The fraction of sp³-hybridized carbons (Fsp3) is 0.143. The summed E-state index contributed by atoms with van der Waals surface area (Å²) in [6.45, 7) is 0. The summed E-state index contributed by atoms with van der Waals surface area (Å²) >= 11 is 6.17. The Hall–Kier alpha value is -2.07. The second-order valence-corrected chi connectivity index (χ2v) is 4.18. The molecule has 0 radical (unpaired) electrons. The molecule has 2 rings (SSSR count). The maximum Gasteiger partial charge on any atom is 0.337 e. The molecule has 0 atom stereocenters. The Bertz CT molecular complexity index is 596. The maximum atomic E-state index is 11.4. The van der Waals surface area contributed by atoms with Gasteiger partial charge in [0.15, 0.2) is 0 Å². The van der Waals surface area contributed by atoms with Crippen molar-refractivity contribution in [2.75, 3.05) is 14.2 Å². The summed E-state index contributed by atoms with van der Waals surface area (Å²) in [6, 6.07) is 8.60. The van der Waals surface area contributed by atoms with Crippen molar-refractivity contribution in [1.82, 2.24) is 4.98 Å². The fourth-order valence-corrected chi connectivity index (χ4v) is 1.94. The molecule has 1 aromatic carbocycles. The number of methoxy groups -OCH3 is 2. The number of esters is 1. The number of halogens is 1. The molecule has 1 aromatic heterocycles. The summed E-state index contributed by atoms with van der Waals surface area (Å²) < 4.78 is 9.64. The second-order valence-electron chi connectivity index (χ2n) is 3.78. The van der Waals surface area contributed by atoms with Crippen molar-refractivity contribution in [3.63, 3.8) is 0 Å². The van der Waals surface area contributed by atoms with Gasteiger partial charge in [-0.05, 0) is 18.2 Å². The molecule has 0 unspecified atom stereocenters. The zero-order chi connectivity index (χ0) is 13.8. The molecule has 0 aliphatic heterocycles. The summed E-state index contributed by atoms with van der Waals surface area (Å²) in [5, 5.41) is 0.467. The van der Waals surface area contributed by atoms with Crippen LogP contribution in [0, 0.1) is 0 Å². The third-order valence-electron chi connectivity index (χ3n) is 2.65. The van der Waals surface area contributed by atoms with Crippen LogP contribution >= 0.6 is 11.6 Å². The Balaban J connectivity index is 2.37. The largest absolute Gasteiger partial charge is 0.481 e. The van der Waals surface area contributed by atoms with E-state index >= 15 is 0 Å². The minimum absolute atomic E-state index is 0.415. The van der Waals surface area contributed by atoms with Crippen LogP contribution in [0.3, 0.4) is 0 Å². The lowest BCUT2D eigenvalue weighted by Crippen LogP contribution is -2.00. The normalized spacial score (nSPS) is 10.1. The minimum Gasteiger partial charge on any atom is -0.481 e. The number of aromatic nitrogens is 1. The first kappa shape index (κ1) is 13.4. The van der Waals surface area contributed by atoms with Crippen molar-refractivity contribution in [3.05, 3.63) is 47.1 Å². The van der Waals surface area contributed by atoms with Gasteiger partial charge in [-0.3, -0.25) is 0 Å². The highest BCUT2D eigenvalue weighted by molar-refractivity contribution is 6.33. The number of hydrogen-bond donors (Lipinski definition) is 0. The van der Waals surface area contributed by atoms with Crippen LogP contribution in [-0.4, -0.2) is 25.2 Å². The van der Waals surface area contributed by atoms with Crippen LogP contribution < -0.4 is 4.74 Å². The smallest absolute Gasteiger partial charge is 0.337 e. The van der Waals surface area contributed by atoms with Gasteiger partial charge in [0.25, 0.3) is 0 Å². The predicted octanol–water partition coefficient (Wildman–Crippen LogP) is 3.20. The lowest BCUT2D eigenvalue weighted by Gasteiger charge is -2.07. The van der Waals surface area contributed by atoms with E-state index in [4.69, 9.17) is 16.3 Å². The molecule has 0 bridgehead atoms. The van der Waals surface area contributed by atoms with Gasteiger partial charge in [-0.2, -0.15) is 0 Å². The number of hydrogen-bond acceptors (Lipinski definition) is 4. The van der Waals surface area contributed by atoms with Crippen molar-refractivity contribution in [3.8, 4) is 17.0 Å². The molecule has 0 aliphatic carbocycles. The molecule has 19 heavy (non-hydrogen) atoms. The predicted molar refractivity (Wildman–Crippen MR) is 72.6 cm³/mol. The zero-order valence-corrected chi connectivity index (χ0v) is 11.3. The summed E-state index contributed by atoms with van der Waals surface area (Å²) in [6.07, 6.45) is 1.66. The first-order valence-electron chi connectivity index (χ1n) is 5.54. The van der Waals surface area contributed by atoms with Gasteiger partial charge < -0.3 is 9.47 Å². The highest BCUT2D eigenvalue weighted by atomic mass is 35.5. The first-order chi connectivity index (χ1) is 9.15. The first-order valence-corrected chi connectivity index (χ1v) is 5.92. The van der Waals surface area contributed by atoms with E-state index in [1.807, 2.05) is 6.07 Å². The minimum atomic E-state index is -0.415. The van der Waals surface area contributed by atoms with Gasteiger partial charge in [0.2, 0.25) is 5.88 Å². The Morgan fingerprint density at radius 3 is 2.53 bits per heavy atom. The van der Waals surface area contributed by atoms with Crippen LogP contribution in [0.25, 0.3) is 11.1 Å². The molecule has 1 heterocycles. The van der Waals surface area contributed by atoms with Crippen molar-refractivity contribution in [2.24, 2.45) is 0 Å². The van der Waals surface area contributed by atoms with E-state index < -0.39 is 5.97 Å². The highest BCUT2D eigenvalue weighted by Crippen LogP contribution is 2.29. The number of carbonyl (C=O) groups is 1. The van der Waals surface area contributed by atoms with Crippen LogP contribution in [0.1, 0.15) is 10.4 Å². The van der Waals surface area contributed by atoms with Crippen molar-refractivity contribution in [1.29, 1.82) is 0 Å². The van der Waals surface area contributed by atoms with Crippen LogP contribution in [0.2, 0.25) is 5.02 Å². The van der Waals surface area contributed by atoms with E-state index in [1.54, 1.807) is 37.6 Å².